The topological polar surface area (TPSA) is 43.9 Å². The van der Waals surface area contributed by atoms with E-state index >= 15 is 0 Å². The molecule has 7 heteroatoms. The minimum atomic E-state index is -0.995. The highest BCUT2D eigenvalue weighted by Crippen LogP contribution is 2.27. The summed E-state index contributed by atoms with van der Waals surface area (Å²) < 4.78 is 28.6. The average Bonchev–Trinajstić information content (AvgIpc) is 2.81. The molecule has 0 N–H and O–H groups in total. The molecule has 184 valence electrons. The first-order valence-electron chi connectivity index (χ1n) is 12.1. The number of rotatable bonds is 4. The van der Waals surface area contributed by atoms with E-state index in [2.05, 4.69) is 18.7 Å². The maximum atomic E-state index is 14.3. The molecule has 0 aromatic heterocycles. The van der Waals surface area contributed by atoms with Crippen LogP contribution in [0.1, 0.15) is 51.2 Å². The number of hydrogen-bond donors (Lipinski definition) is 0. The van der Waals surface area contributed by atoms with Crippen molar-refractivity contribution in [3.8, 4) is 0 Å². The van der Waals surface area contributed by atoms with Crippen LogP contribution in [0.4, 0.5) is 14.5 Å². The fraction of sp³-hybridized carbons (Fsp3) is 0.481. The SMILES string of the molecule is CCC(=O)N1CCCN(C(C)C)CCCN(C(=O)Cc2ccccc2)Cc2cc(F)c(F)cc21. The van der Waals surface area contributed by atoms with Crippen LogP contribution in [-0.2, 0) is 22.6 Å². The van der Waals surface area contributed by atoms with Crippen LogP contribution in [0, 0.1) is 11.6 Å². The first-order valence-corrected chi connectivity index (χ1v) is 12.1. The lowest BCUT2D eigenvalue weighted by Crippen LogP contribution is -2.41. The minimum Gasteiger partial charge on any atom is -0.338 e. The van der Waals surface area contributed by atoms with E-state index in [0.29, 0.717) is 30.4 Å². The largest absolute Gasteiger partial charge is 0.338 e. The number of halogens is 2. The number of amides is 2. The molecule has 0 bridgehead atoms. The molecule has 2 aromatic carbocycles. The monoisotopic (exact) mass is 471 g/mol. The van der Waals surface area contributed by atoms with Gasteiger partial charge in [-0.25, -0.2) is 8.78 Å². The maximum Gasteiger partial charge on any atom is 0.227 e. The smallest absolute Gasteiger partial charge is 0.227 e. The molecule has 34 heavy (non-hydrogen) atoms. The summed E-state index contributed by atoms with van der Waals surface area (Å²) in [6.45, 7) is 8.64. The lowest BCUT2D eigenvalue weighted by Gasteiger charge is -2.33. The quantitative estimate of drug-likeness (QED) is 0.645. The molecular formula is C27H35F2N3O2. The predicted molar refractivity (Wildman–Crippen MR) is 131 cm³/mol. The average molecular weight is 472 g/mol. The molecule has 0 atom stereocenters. The Labute approximate surface area is 201 Å². The van der Waals surface area contributed by atoms with Gasteiger partial charge in [0.25, 0.3) is 0 Å². The third-order valence-corrected chi connectivity index (χ3v) is 6.36. The van der Waals surface area contributed by atoms with Gasteiger partial charge in [-0.1, -0.05) is 37.3 Å². The van der Waals surface area contributed by atoms with E-state index in [9.17, 15) is 18.4 Å². The summed E-state index contributed by atoms with van der Waals surface area (Å²) in [5.41, 5.74) is 1.69. The van der Waals surface area contributed by atoms with Gasteiger partial charge in [0.1, 0.15) is 0 Å². The van der Waals surface area contributed by atoms with Gasteiger partial charge < -0.3 is 14.7 Å². The van der Waals surface area contributed by atoms with E-state index in [0.717, 1.165) is 43.6 Å². The Morgan fingerprint density at radius 1 is 0.912 bits per heavy atom. The van der Waals surface area contributed by atoms with Gasteiger partial charge in [-0.05, 0) is 43.9 Å². The summed E-state index contributed by atoms with van der Waals surface area (Å²) >= 11 is 0. The highest BCUT2D eigenvalue weighted by atomic mass is 19.2. The zero-order valence-corrected chi connectivity index (χ0v) is 20.4. The molecule has 0 radical (unpaired) electrons. The van der Waals surface area contributed by atoms with Gasteiger partial charge in [0.2, 0.25) is 11.8 Å². The molecule has 0 saturated heterocycles. The Morgan fingerprint density at radius 3 is 2.21 bits per heavy atom. The highest BCUT2D eigenvalue weighted by molar-refractivity contribution is 5.94. The number of benzene rings is 2. The summed E-state index contributed by atoms with van der Waals surface area (Å²) in [6.07, 6.45) is 1.97. The van der Waals surface area contributed by atoms with Crippen molar-refractivity contribution in [2.75, 3.05) is 31.1 Å². The molecule has 0 unspecified atom stereocenters. The van der Waals surface area contributed by atoms with Gasteiger partial charge in [0.15, 0.2) is 11.6 Å². The van der Waals surface area contributed by atoms with Gasteiger partial charge in [0, 0.05) is 51.3 Å². The van der Waals surface area contributed by atoms with Crippen LogP contribution in [0.5, 0.6) is 0 Å². The van der Waals surface area contributed by atoms with Crippen LogP contribution in [0.3, 0.4) is 0 Å². The Kier molecular flexibility index (Phi) is 9.16. The molecular weight excluding hydrogens is 436 g/mol. The Hall–Kier alpha value is -2.80. The molecule has 5 nitrogen and oxygen atoms in total. The van der Waals surface area contributed by atoms with Crippen LogP contribution in [0.25, 0.3) is 0 Å². The zero-order valence-electron chi connectivity index (χ0n) is 20.4. The number of carbonyl (C=O) groups is 2. The van der Waals surface area contributed by atoms with Crippen molar-refractivity contribution in [3.63, 3.8) is 0 Å². The van der Waals surface area contributed by atoms with Crippen molar-refractivity contribution in [1.82, 2.24) is 9.80 Å². The van der Waals surface area contributed by atoms with Crippen LogP contribution in [-0.4, -0.2) is 53.8 Å². The molecule has 0 spiro atoms. The van der Waals surface area contributed by atoms with E-state index in [1.54, 1.807) is 16.7 Å². The Morgan fingerprint density at radius 2 is 1.56 bits per heavy atom. The van der Waals surface area contributed by atoms with E-state index < -0.39 is 11.6 Å². The molecule has 0 fully saturated rings. The third-order valence-electron chi connectivity index (χ3n) is 6.36. The predicted octanol–water partition coefficient (Wildman–Crippen LogP) is 4.78. The number of hydrogen-bond acceptors (Lipinski definition) is 3. The molecule has 0 aliphatic carbocycles. The molecule has 2 amide bonds. The Bertz CT molecular complexity index is 981. The lowest BCUT2D eigenvalue weighted by molar-refractivity contribution is -0.131. The summed E-state index contributed by atoms with van der Waals surface area (Å²) in [6, 6.07) is 12.0. The van der Waals surface area contributed by atoms with Crippen molar-refractivity contribution in [3.05, 3.63) is 65.2 Å². The van der Waals surface area contributed by atoms with Crippen LogP contribution >= 0.6 is 0 Å². The number of anilines is 1. The highest BCUT2D eigenvalue weighted by Gasteiger charge is 2.24. The maximum absolute atomic E-state index is 14.3. The van der Waals surface area contributed by atoms with Gasteiger partial charge in [0.05, 0.1) is 12.1 Å². The lowest BCUT2D eigenvalue weighted by atomic mass is 10.1. The van der Waals surface area contributed by atoms with E-state index in [1.165, 1.54) is 0 Å². The van der Waals surface area contributed by atoms with Crippen molar-refractivity contribution >= 4 is 17.5 Å². The normalized spacial score (nSPS) is 16.1. The molecule has 1 aliphatic rings. The second-order valence-corrected chi connectivity index (χ2v) is 9.11. The summed E-state index contributed by atoms with van der Waals surface area (Å²) in [5, 5.41) is 0. The number of fused-ring (bicyclic) bond motifs is 1. The van der Waals surface area contributed by atoms with Crippen LogP contribution in [0.2, 0.25) is 0 Å². The minimum absolute atomic E-state index is 0.0802. The van der Waals surface area contributed by atoms with Gasteiger partial charge in [-0.2, -0.15) is 0 Å². The molecule has 3 rings (SSSR count). The van der Waals surface area contributed by atoms with E-state index in [4.69, 9.17) is 0 Å². The van der Waals surface area contributed by atoms with Gasteiger partial charge >= 0.3 is 0 Å². The number of carbonyl (C=O) groups excluding carboxylic acids is 2. The molecule has 1 aliphatic heterocycles. The fourth-order valence-corrected chi connectivity index (χ4v) is 4.43. The Balaban J connectivity index is 1.99. The molecule has 1 heterocycles. The summed E-state index contributed by atoms with van der Waals surface area (Å²) in [7, 11) is 0. The van der Waals surface area contributed by atoms with Crippen LogP contribution < -0.4 is 4.90 Å². The fourth-order valence-electron chi connectivity index (χ4n) is 4.43. The first-order chi connectivity index (χ1) is 16.3. The third kappa shape index (κ3) is 6.63. The standard InChI is InChI=1S/C27H35F2N3O2/c1-4-26(33)32-15-9-13-30(20(2)3)12-8-14-31(27(34)16-21-10-6-5-7-11-21)19-22-17-23(28)24(29)18-25(22)32/h5-7,10-11,17-18,20H,4,8-9,12-16,19H2,1-3H3. The first kappa shape index (κ1) is 25.8. The molecule has 2 aromatic rings. The van der Waals surface area contributed by atoms with Crippen molar-refractivity contribution in [2.45, 2.75) is 59.0 Å². The summed E-state index contributed by atoms with van der Waals surface area (Å²) in [4.78, 5) is 31.7. The van der Waals surface area contributed by atoms with E-state index in [1.807, 2.05) is 30.3 Å². The summed E-state index contributed by atoms with van der Waals surface area (Å²) in [5.74, 6) is -2.20. The van der Waals surface area contributed by atoms with Crippen molar-refractivity contribution in [1.29, 1.82) is 0 Å². The van der Waals surface area contributed by atoms with Crippen molar-refractivity contribution in [2.24, 2.45) is 0 Å². The van der Waals surface area contributed by atoms with Gasteiger partial charge in [-0.15, -0.1) is 0 Å². The van der Waals surface area contributed by atoms with Gasteiger partial charge in [-0.3, -0.25) is 9.59 Å². The zero-order chi connectivity index (χ0) is 24.7. The second kappa shape index (κ2) is 12.1. The second-order valence-electron chi connectivity index (χ2n) is 9.11. The van der Waals surface area contributed by atoms with Crippen LogP contribution in [0.15, 0.2) is 42.5 Å². The number of nitrogens with zero attached hydrogens (tertiary/aromatic N) is 3. The molecule has 0 saturated carbocycles. The van der Waals surface area contributed by atoms with Crippen molar-refractivity contribution < 1.29 is 18.4 Å². The van der Waals surface area contributed by atoms with E-state index in [-0.39, 0.29) is 31.2 Å².